The van der Waals surface area contributed by atoms with E-state index in [1.54, 1.807) is 0 Å². The first-order valence-electron chi connectivity index (χ1n) is 11.8. The quantitative estimate of drug-likeness (QED) is 0.365. The summed E-state index contributed by atoms with van der Waals surface area (Å²) in [5.41, 5.74) is 2.90. The van der Waals surface area contributed by atoms with Crippen LogP contribution in [0.5, 0.6) is 0 Å². The number of hydrogen-bond donors (Lipinski definition) is 0. The molecule has 1 heterocycles. The molecule has 3 aromatic carbocycles. The Labute approximate surface area is 205 Å². The van der Waals surface area contributed by atoms with Gasteiger partial charge >= 0.3 is 0 Å². The normalized spacial score (nSPS) is 22.1. The van der Waals surface area contributed by atoms with Crippen molar-refractivity contribution in [2.45, 2.75) is 50.7 Å². The summed E-state index contributed by atoms with van der Waals surface area (Å²) in [5.74, 6) is -0.241. The zero-order valence-corrected chi connectivity index (χ0v) is 19.5. The molecule has 3 aromatic rings. The Balaban J connectivity index is 1.48. The van der Waals surface area contributed by atoms with Gasteiger partial charge in [-0.05, 0) is 16.7 Å². The van der Waals surface area contributed by atoms with Gasteiger partial charge in [-0.15, -0.1) is 0 Å². The molecule has 1 aliphatic heterocycles. The molecule has 0 bridgehead atoms. The van der Waals surface area contributed by atoms with Crippen LogP contribution in [0.4, 0.5) is 0 Å². The van der Waals surface area contributed by atoms with E-state index in [1.807, 2.05) is 91.0 Å². The predicted molar refractivity (Wildman–Crippen MR) is 130 cm³/mol. The molecular formula is C29H30O6. The highest BCUT2D eigenvalue weighted by Crippen LogP contribution is 2.27. The van der Waals surface area contributed by atoms with Crippen molar-refractivity contribution in [2.75, 3.05) is 6.61 Å². The van der Waals surface area contributed by atoms with Crippen LogP contribution in [0, 0.1) is 0 Å². The van der Waals surface area contributed by atoms with E-state index < -0.39 is 24.4 Å². The van der Waals surface area contributed by atoms with Gasteiger partial charge in [-0.1, -0.05) is 91.0 Å². The molecule has 6 heteroatoms. The molecule has 0 aromatic heterocycles. The first kappa shape index (κ1) is 24.9. The number of ether oxygens (including phenoxy) is 4. The fraction of sp³-hybridized carbons (Fsp3) is 0.310. The molecule has 0 saturated carbocycles. The van der Waals surface area contributed by atoms with Gasteiger partial charge in [0.2, 0.25) is 0 Å². The highest BCUT2D eigenvalue weighted by Gasteiger charge is 2.46. The average Bonchev–Trinajstić information content (AvgIpc) is 2.90. The average molecular weight is 475 g/mol. The van der Waals surface area contributed by atoms with Gasteiger partial charge in [0.25, 0.3) is 0 Å². The van der Waals surface area contributed by atoms with E-state index in [-0.39, 0.29) is 32.0 Å². The van der Waals surface area contributed by atoms with Gasteiger partial charge in [-0.3, -0.25) is 4.79 Å². The molecule has 4 atom stereocenters. The topological polar surface area (TPSA) is 71.1 Å². The monoisotopic (exact) mass is 474 g/mol. The van der Waals surface area contributed by atoms with E-state index >= 15 is 0 Å². The van der Waals surface area contributed by atoms with Crippen LogP contribution in [0.25, 0.3) is 0 Å². The predicted octanol–water partition coefficient (Wildman–Crippen LogP) is 4.30. The molecule has 1 saturated heterocycles. The van der Waals surface area contributed by atoms with Crippen LogP contribution in [-0.2, 0) is 48.4 Å². The number of carbonyl (C=O) groups is 2. The molecule has 0 N–H and O–H groups in total. The number of ketones is 1. The Kier molecular flexibility index (Phi) is 9.32. The minimum absolute atomic E-state index is 0.0691. The maximum absolute atomic E-state index is 13.5. The fourth-order valence-corrected chi connectivity index (χ4v) is 4.06. The van der Waals surface area contributed by atoms with Gasteiger partial charge in [-0.2, -0.15) is 0 Å². The standard InChI is InChI=1S/C29H30O6/c30-17-16-25-28(33-19-23-12-6-2-7-13-23)29(34-20-24-14-8-3-9-15-24)27(31)26(35-25)21-32-18-22-10-4-1-5-11-22/h1-15,17,25-26,28-29H,16,18-21H2/t25-,26+,28-,29-/m0/s1. The SMILES string of the molecule is O=CC[C@@H]1O[C@H](COCc2ccccc2)C(=O)[C@H](OCc2ccccc2)[C@H]1OCc1ccccc1. The summed E-state index contributed by atoms with van der Waals surface area (Å²) in [5, 5.41) is 0. The first-order chi connectivity index (χ1) is 17.2. The summed E-state index contributed by atoms with van der Waals surface area (Å²) >= 11 is 0. The van der Waals surface area contributed by atoms with Gasteiger partial charge < -0.3 is 23.7 Å². The number of carbonyl (C=O) groups excluding carboxylic acids is 2. The molecule has 0 spiro atoms. The summed E-state index contributed by atoms with van der Waals surface area (Å²) < 4.78 is 24.1. The van der Waals surface area contributed by atoms with Gasteiger partial charge in [0.1, 0.15) is 24.6 Å². The van der Waals surface area contributed by atoms with Crippen molar-refractivity contribution in [1.29, 1.82) is 0 Å². The number of aldehydes is 1. The third kappa shape index (κ3) is 7.16. The molecule has 1 aliphatic rings. The van der Waals surface area contributed by atoms with Crippen molar-refractivity contribution in [2.24, 2.45) is 0 Å². The number of rotatable bonds is 12. The Morgan fingerprint density at radius 3 is 1.77 bits per heavy atom. The van der Waals surface area contributed by atoms with Gasteiger partial charge in [0.15, 0.2) is 5.78 Å². The van der Waals surface area contributed by atoms with E-state index in [1.165, 1.54) is 0 Å². The van der Waals surface area contributed by atoms with Crippen molar-refractivity contribution in [1.82, 2.24) is 0 Å². The minimum Gasteiger partial charge on any atom is -0.374 e. The molecular weight excluding hydrogens is 444 g/mol. The van der Waals surface area contributed by atoms with Gasteiger partial charge in [0.05, 0.1) is 32.5 Å². The minimum atomic E-state index is -0.886. The Morgan fingerprint density at radius 2 is 1.23 bits per heavy atom. The third-order valence-electron chi connectivity index (χ3n) is 5.87. The highest BCUT2D eigenvalue weighted by molar-refractivity contribution is 5.89. The molecule has 0 aliphatic carbocycles. The summed E-state index contributed by atoms with van der Waals surface area (Å²) in [7, 11) is 0. The molecule has 6 nitrogen and oxygen atoms in total. The van der Waals surface area contributed by atoms with Crippen molar-refractivity contribution in [3.05, 3.63) is 108 Å². The van der Waals surface area contributed by atoms with E-state index in [0.29, 0.717) is 6.61 Å². The van der Waals surface area contributed by atoms with E-state index in [2.05, 4.69) is 0 Å². The lowest BCUT2D eigenvalue weighted by atomic mass is 9.94. The molecule has 182 valence electrons. The molecule has 35 heavy (non-hydrogen) atoms. The van der Waals surface area contributed by atoms with Crippen LogP contribution >= 0.6 is 0 Å². The lowest BCUT2D eigenvalue weighted by molar-refractivity contribution is -0.211. The van der Waals surface area contributed by atoms with Crippen LogP contribution in [0.2, 0.25) is 0 Å². The van der Waals surface area contributed by atoms with Crippen LogP contribution in [0.15, 0.2) is 91.0 Å². The zero-order valence-electron chi connectivity index (χ0n) is 19.5. The molecule has 0 radical (unpaired) electrons. The largest absolute Gasteiger partial charge is 0.374 e. The summed E-state index contributed by atoms with van der Waals surface area (Å²) in [4.78, 5) is 24.9. The van der Waals surface area contributed by atoms with E-state index in [9.17, 15) is 9.59 Å². The maximum Gasteiger partial charge on any atom is 0.195 e. The third-order valence-corrected chi connectivity index (χ3v) is 5.87. The molecule has 0 amide bonds. The van der Waals surface area contributed by atoms with Gasteiger partial charge in [0, 0.05) is 6.42 Å². The maximum atomic E-state index is 13.5. The first-order valence-corrected chi connectivity index (χ1v) is 11.8. The summed E-state index contributed by atoms with van der Waals surface area (Å²) in [6.45, 7) is 0.946. The molecule has 4 rings (SSSR count). The van der Waals surface area contributed by atoms with Crippen molar-refractivity contribution in [3.63, 3.8) is 0 Å². The van der Waals surface area contributed by atoms with Crippen LogP contribution in [-0.4, -0.2) is 43.1 Å². The Hall–Kier alpha value is -3.16. The second-order valence-electron chi connectivity index (χ2n) is 8.45. The highest BCUT2D eigenvalue weighted by atomic mass is 16.6. The fourth-order valence-electron chi connectivity index (χ4n) is 4.06. The zero-order chi connectivity index (χ0) is 24.3. The van der Waals surface area contributed by atoms with Crippen molar-refractivity contribution in [3.8, 4) is 0 Å². The van der Waals surface area contributed by atoms with Crippen molar-refractivity contribution < 1.29 is 28.5 Å². The molecule has 1 fully saturated rings. The number of Topliss-reactive ketones (excluding diaryl/α,β-unsaturated/α-hetero) is 1. The summed E-state index contributed by atoms with van der Waals surface area (Å²) in [6, 6.07) is 29.0. The second-order valence-corrected chi connectivity index (χ2v) is 8.45. The Morgan fingerprint density at radius 1 is 0.714 bits per heavy atom. The lowest BCUT2D eigenvalue weighted by Gasteiger charge is -2.40. The lowest BCUT2D eigenvalue weighted by Crippen LogP contribution is -2.58. The Bertz CT molecular complexity index is 1040. The van der Waals surface area contributed by atoms with E-state index in [4.69, 9.17) is 18.9 Å². The van der Waals surface area contributed by atoms with Gasteiger partial charge in [-0.25, -0.2) is 0 Å². The number of hydrogen-bond acceptors (Lipinski definition) is 6. The number of benzene rings is 3. The van der Waals surface area contributed by atoms with Crippen LogP contribution < -0.4 is 0 Å². The smallest absolute Gasteiger partial charge is 0.195 e. The van der Waals surface area contributed by atoms with Crippen LogP contribution in [0.3, 0.4) is 0 Å². The van der Waals surface area contributed by atoms with Crippen molar-refractivity contribution >= 4 is 12.1 Å². The summed E-state index contributed by atoms with van der Waals surface area (Å²) in [6.07, 6.45) is -2.20. The van der Waals surface area contributed by atoms with Crippen LogP contribution in [0.1, 0.15) is 23.1 Å². The second kappa shape index (κ2) is 13.1. The van der Waals surface area contributed by atoms with E-state index in [0.717, 1.165) is 23.0 Å². The molecule has 0 unspecified atom stereocenters.